The highest BCUT2D eigenvalue weighted by Crippen LogP contribution is 2.14. The molecule has 2 aromatic carbocycles. The van der Waals surface area contributed by atoms with Crippen LogP contribution in [-0.4, -0.2) is 15.9 Å². The number of nitriles is 1. The summed E-state index contributed by atoms with van der Waals surface area (Å²) in [5, 5.41) is 14.4. The van der Waals surface area contributed by atoms with Crippen molar-refractivity contribution in [1.82, 2.24) is 9.97 Å². The average Bonchev–Trinajstić information content (AvgIpc) is 2.65. The molecular weight excluding hydrogens is 321 g/mol. The standard InChI is InChI=1S/C18H12FN5O/c19-14-3-7-15(8-4-14)23-17(25)13-10-21-18(22-11-13)24-16-5-1-12(9-20)2-6-16/h1-8,10-11H,(H,23,25)(H,21,22,24). The Hall–Kier alpha value is -3.79. The van der Waals surface area contributed by atoms with Gasteiger partial charge in [-0.3, -0.25) is 4.79 Å². The zero-order chi connectivity index (χ0) is 17.6. The van der Waals surface area contributed by atoms with E-state index in [0.717, 1.165) is 5.69 Å². The van der Waals surface area contributed by atoms with E-state index in [9.17, 15) is 9.18 Å². The maximum absolute atomic E-state index is 12.9. The Bertz CT molecular complexity index is 916. The summed E-state index contributed by atoms with van der Waals surface area (Å²) in [5.41, 5.74) is 2.03. The van der Waals surface area contributed by atoms with E-state index in [1.807, 2.05) is 6.07 Å². The second kappa shape index (κ2) is 7.19. The van der Waals surface area contributed by atoms with E-state index in [4.69, 9.17) is 5.26 Å². The van der Waals surface area contributed by atoms with Crippen molar-refractivity contribution in [3.63, 3.8) is 0 Å². The second-order valence-electron chi connectivity index (χ2n) is 5.07. The molecule has 1 amide bonds. The third-order valence-corrected chi connectivity index (χ3v) is 3.29. The van der Waals surface area contributed by atoms with Crippen LogP contribution in [0.5, 0.6) is 0 Å². The molecule has 2 N–H and O–H groups in total. The number of halogens is 1. The Morgan fingerprint density at radius 1 is 0.960 bits per heavy atom. The van der Waals surface area contributed by atoms with E-state index in [-0.39, 0.29) is 11.4 Å². The number of rotatable bonds is 4. The van der Waals surface area contributed by atoms with Gasteiger partial charge in [0.1, 0.15) is 5.82 Å². The predicted octanol–water partition coefficient (Wildman–Crippen LogP) is 3.48. The van der Waals surface area contributed by atoms with E-state index in [2.05, 4.69) is 20.6 Å². The van der Waals surface area contributed by atoms with Crippen LogP contribution in [0.2, 0.25) is 0 Å². The summed E-state index contributed by atoms with van der Waals surface area (Å²) in [6.07, 6.45) is 2.77. The van der Waals surface area contributed by atoms with Crippen molar-refractivity contribution in [2.75, 3.05) is 10.6 Å². The van der Waals surface area contributed by atoms with E-state index in [1.54, 1.807) is 24.3 Å². The third-order valence-electron chi connectivity index (χ3n) is 3.29. The average molecular weight is 333 g/mol. The van der Waals surface area contributed by atoms with Gasteiger partial charge in [0.15, 0.2) is 0 Å². The molecule has 3 aromatic rings. The maximum atomic E-state index is 12.9. The van der Waals surface area contributed by atoms with Gasteiger partial charge in [-0.25, -0.2) is 14.4 Å². The SMILES string of the molecule is N#Cc1ccc(Nc2ncc(C(=O)Nc3ccc(F)cc3)cn2)cc1. The third kappa shape index (κ3) is 4.14. The van der Waals surface area contributed by atoms with Crippen LogP contribution in [0.25, 0.3) is 0 Å². The minimum atomic E-state index is -0.392. The summed E-state index contributed by atoms with van der Waals surface area (Å²) < 4.78 is 12.9. The quantitative estimate of drug-likeness (QED) is 0.763. The fourth-order valence-corrected chi connectivity index (χ4v) is 2.00. The molecule has 0 atom stereocenters. The van der Waals surface area contributed by atoms with Crippen LogP contribution in [0.15, 0.2) is 60.9 Å². The van der Waals surface area contributed by atoms with Crippen LogP contribution in [-0.2, 0) is 0 Å². The zero-order valence-corrected chi connectivity index (χ0v) is 12.9. The number of anilines is 3. The van der Waals surface area contributed by atoms with Crippen molar-refractivity contribution in [3.05, 3.63) is 77.9 Å². The van der Waals surface area contributed by atoms with Crippen LogP contribution >= 0.6 is 0 Å². The highest BCUT2D eigenvalue weighted by atomic mass is 19.1. The number of benzene rings is 2. The molecule has 25 heavy (non-hydrogen) atoms. The molecule has 0 saturated heterocycles. The number of hydrogen-bond acceptors (Lipinski definition) is 5. The molecule has 1 aromatic heterocycles. The predicted molar refractivity (Wildman–Crippen MR) is 90.8 cm³/mol. The van der Waals surface area contributed by atoms with Crippen molar-refractivity contribution >= 4 is 23.2 Å². The van der Waals surface area contributed by atoms with Crippen molar-refractivity contribution < 1.29 is 9.18 Å². The maximum Gasteiger partial charge on any atom is 0.258 e. The lowest BCUT2D eigenvalue weighted by molar-refractivity contribution is 0.102. The van der Waals surface area contributed by atoms with Gasteiger partial charge >= 0.3 is 0 Å². The van der Waals surface area contributed by atoms with Gasteiger partial charge in [0.05, 0.1) is 17.2 Å². The zero-order valence-electron chi connectivity index (χ0n) is 12.9. The summed E-state index contributed by atoms with van der Waals surface area (Å²) >= 11 is 0. The number of carbonyl (C=O) groups is 1. The molecular formula is C18H12FN5O. The molecule has 0 spiro atoms. The minimum absolute atomic E-state index is 0.273. The Balaban J connectivity index is 1.65. The lowest BCUT2D eigenvalue weighted by atomic mass is 10.2. The monoisotopic (exact) mass is 333 g/mol. The van der Waals surface area contributed by atoms with Gasteiger partial charge in [-0.05, 0) is 48.5 Å². The lowest BCUT2D eigenvalue weighted by Crippen LogP contribution is -2.13. The molecule has 7 heteroatoms. The van der Waals surface area contributed by atoms with Crippen molar-refractivity contribution in [1.29, 1.82) is 5.26 Å². The summed E-state index contributed by atoms with van der Waals surface area (Å²) in [6, 6.07) is 14.3. The number of nitrogens with zero attached hydrogens (tertiary/aromatic N) is 3. The number of aromatic nitrogens is 2. The van der Waals surface area contributed by atoms with Crippen LogP contribution in [0.1, 0.15) is 15.9 Å². The summed E-state index contributed by atoms with van der Waals surface area (Å²) in [4.78, 5) is 20.3. The van der Waals surface area contributed by atoms with E-state index in [0.29, 0.717) is 17.2 Å². The molecule has 0 saturated carbocycles. The minimum Gasteiger partial charge on any atom is -0.324 e. The molecule has 0 radical (unpaired) electrons. The van der Waals surface area contributed by atoms with Crippen molar-refractivity contribution in [2.45, 2.75) is 0 Å². The Labute approximate surface area is 143 Å². The molecule has 0 aliphatic carbocycles. The smallest absolute Gasteiger partial charge is 0.258 e. The van der Waals surface area contributed by atoms with E-state index < -0.39 is 5.91 Å². The summed E-state index contributed by atoms with van der Waals surface area (Å²) in [6.45, 7) is 0. The fourth-order valence-electron chi connectivity index (χ4n) is 2.00. The highest BCUT2D eigenvalue weighted by molar-refractivity contribution is 6.03. The lowest BCUT2D eigenvalue weighted by Gasteiger charge is -2.07. The van der Waals surface area contributed by atoms with Gasteiger partial charge in [0, 0.05) is 23.8 Å². The van der Waals surface area contributed by atoms with Gasteiger partial charge in [-0.1, -0.05) is 0 Å². The molecule has 0 unspecified atom stereocenters. The van der Waals surface area contributed by atoms with Gasteiger partial charge in [0.2, 0.25) is 5.95 Å². The number of hydrogen-bond donors (Lipinski definition) is 2. The molecule has 0 aliphatic rings. The molecule has 0 aliphatic heterocycles. The van der Waals surface area contributed by atoms with Crippen LogP contribution in [0.4, 0.5) is 21.7 Å². The number of nitrogens with one attached hydrogen (secondary N) is 2. The second-order valence-corrected chi connectivity index (χ2v) is 5.07. The van der Waals surface area contributed by atoms with Gasteiger partial charge in [-0.15, -0.1) is 0 Å². The van der Waals surface area contributed by atoms with Crippen molar-refractivity contribution in [2.24, 2.45) is 0 Å². The number of carbonyl (C=O) groups excluding carboxylic acids is 1. The Kier molecular flexibility index (Phi) is 4.62. The first kappa shape index (κ1) is 16.1. The highest BCUT2D eigenvalue weighted by Gasteiger charge is 2.08. The van der Waals surface area contributed by atoms with Crippen LogP contribution in [0.3, 0.4) is 0 Å². The summed E-state index contributed by atoms with van der Waals surface area (Å²) in [5.74, 6) is -0.445. The van der Waals surface area contributed by atoms with Crippen molar-refractivity contribution in [3.8, 4) is 6.07 Å². The molecule has 0 bridgehead atoms. The van der Waals surface area contributed by atoms with Crippen LogP contribution in [0, 0.1) is 17.1 Å². The summed E-state index contributed by atoms with van der Waals surface area (Å²) in [7, 11) is 0. The van der Waals surface area contributed by atoms with Crippen LogP contribution < -0.4 is 10.6 Å². The van der Waals surface area contributed by atoms with E-state index >= 15 is 0 Å². The molecule has 6 nitrogen and oxygen atoms in total. The Morgan fingerprint density at radius 3 is 2.16 bits per heavy atom. The van der Waals surface area contributed by atoms with Gasteiger partial charge in [0.25, 0.3) is 5.91 Å². The first-order valence-electron chi connectivity index (χ1n) is 7.30. The normalized spacial score (nSPS) is 9.92. The molecule has 0 fully saturated rings. The molecule has 1 heterocycles. The Morgan fingerprint density at radius 2 is 1.56 bits per heavy atom. The fraction of sp³-hybridized carbons (Fsp3) is 0. The first-order valence-corrected chi connectivity index (χ1v) is 7.30. The van der Waals surface area contributed by atoms with Gasteiger partial charge in [-0.2, -0.15) is 5.26 Å². The van der Waals surface area contributed by atoms with Gasteiger partial charge < -0.3 is 10.6 Å². The molecule has 3 rings (SSSR count). The first-order chi connectivity index (χ1) is 12.1. The largest absolute Gasteiger partial charge is 0.324 e. The molecule has 122 valence electrons. The van der Waals surface area contributed by atoms with E-state index in [1.165, 1.54) is 36.7 Å². The topological polar surface area (TPSA) is 90.7 Å². The number of amides is 1.